The maximum absolute atomic E-state index is 3.78. The SMILES string of the molecule is CC1(C)CCC(NCC2CC2)c2ccccc21. The molecule has 0 aliphatic heterocycles. The lowest BCUT2D eigenvalue weighted by atomic mass is 9.71. The van der Waals surface area contributed by atoms with Crippen LogP contribution in [0.4, 0.5) is 0 Å². The summed E-state index contributed by atoms with van der Waals surface area (Å²) in [6.07, 6.45) is 5.46. The molecule has 0 heterocycles. The van der Waals surface area contributed by atoms with E-state index in [0.717, 1.165) is 5.92 Å². The van der Waals surface area contributed by atoms with Crippen molar-refractivity contribution in [3.63, 3.8) is 0 Å². The Morgan fingerprint density at radius 2 is 1.94 bits per heavy atom. The van der Waals surface area contributed by atoms with Gasteiger partial charge in [-0.2, -0.15) is 0 Å². The van der Waals surface area contributed by atoms with Crippen LogP contribution < -0.4 is 5.32 Å². The quantitative estimate of drug-likeness (QED) is 0.831. The zero-order valence-electron chi connectivity index (χ0n) is 11.0. The summed E-state index contributed by atoms with van der Waals surface area (Å²) >= 11 is 0. The monoisotopic (exact) mass is 229 g/mol. The summed E-state index contributed by atoms with van der Waals surface area (Å²) in [5.41, 5.74) is 3.46. The summed E-state index contributed by atoms with van der Waals surface area (Å²) in [6, 6.07) is 9.61. The molecule has 0 bridgehead atoms. The van der Waals surface area contributed by atoms with E-state index < -0.39 is 0 Å². The van der Waals surface area contributed by atoms with Crippen molar-refractivity contribution in [1.29, 1.82) is 0 Å². The zero-order valence-corrected chi connectivity index (χ0v) is 11.0. The lowest BCUT2D eigenvalue weighted by Gasteiger charge is -2.37. The Kier molecular flexibility index (Phi) is 2.74. The zero-order chi connectivity index (χ0) is 11.9. The lowest BCUT2D eigenvalue weighted by molar-refractivity contribution is 0.355. The molecule has 1 nitrogen and oxygen atoms in total. The van der Waals surface area contributed by atoms with Crippen LogP contribution in [-0.4, -0.2) is 6.54 Å². The smallest absolute Gasteiger partial charge is 0.0323 e. The molecular weight excluding hydrogens is 206 g/mol. The second kappa shape index (κ2) is 4.13. The van der Waals surface area contributed by atoms with Crippen LogP contribution in [-0.2, 0) is 5.41 Å². The molecular formula is C16H23N. The highest BCUT2D eigenvalue weighted by Gasteiger charge is 2.32. The molecule has 2 aliphatic rings. The van der Waals surface area contributed by atoms with Crippen LogP contribution >= 0.6 is 0 Å². The van der Waals surface area contributed by atoms with Crippen molar-refractivity contribution in [3.8, 4) is 0 Å². The van der Waals surface area contributed by atoms with Crippen LogP contribution in [0.5, 0.6) is 0 Å². The first-order valence-corrected chi connectivity index (χ1v) is 6.99. The second-order valence-corrected chi connectivity index (χ2v) is 6.41. The third-order valence-electron chi connectivity index (χ3n) is 4.47. The third kappa shape index (κ3) is 2.26. The largest absolute Gasteiger partial charge is 0.310 e. The Morgan fingerprint density at radius 1 is 1.18 bits per heavy atom. The van der Waals surface area contributed by atoms with Crippen molar-refractivity contribution in [2.24, 2.45) is 5.92 Å². The topological polar surface area (TPSA) is 12.0 Å². The van der Waals surface area contributed by atoms with Crippen LogP contribution in [0.15, 0.2) is 24.3 Å². The summed E-state index contributed by atoms with van der Waals surface area (Å²) in [5, 5.41) is 3.78. The fourth-order valence-corrected chi connectivity index (χ4v) is 3.06. The highest BCUT2D eigenvalue weighted by molar-refractivity contribution is 5.38. The standard InChI is InChI=1S/C16H23N/c1-16(2)10-9-15(17-11-12-7-8-12)13-5-3-4-6-14(13)16/h3-6,12,15,17H,7-11H2,1-2H3. The van der Waals surface area contributed by atoms with Gasteiger partial charge in [-0.05, 0) is 54.7 Å². The minimum atomic E-state index is 0.356. The van der Waals surface area contributed by atoms with Crippen LogP contribution in [0.1, 0.15) is 56.7 Å². The van der Waals surface area contributed by atoms with Gasteiger partial charge in [0.25, 0.3) is 0 Å². The fourth-order valence-electron chi connectivity index (χ4n) is 3.06. The summed E-state index contributed by atoms with van der Waals surface area (Å²) in [7, 11) is 0. The Hall–Kier alpha value is -0.820. The predicted octanol–water partition coefficient (Wildman–Crippen LogP) is 3.80. The van der Waals surface area contributed by atoms with Gasteiger partial charge in [0.2, 0.25) is 0 Å². The van der Waals surface area contributed by atoms with Crippen molar-refractivity contribution in [2.45, 2.75) is 51.0 Å². The van der Waals surface area contributed by atoms with Gasteiger partial charge < -0.3 is 5.32 Å². The number of hydrogen-bond donors (Lipinski definition) is 1. The van der Waals surface area contributed by atoms with E-state index in [1.54, 1.807) is 11.1 Å². The first-order chi connectivity index (χ1) is 8.17. The van der Waals surface area contributed by atoms with Crippen molar-refractivity contribution in [1.82, 2.24) is 5.32 Å². The lowest BCUT2D eigenvalue weighted by Crippen LogP contribution is -2.33. The maximum atomic E-state index is 3.78. The average Bonchev–Trinajstić information content (AvgIpc) is 3.12. The van der Waals surface area contributed by atoms with E-state index in [-0.39, 0.29) is 0 Å². The molecule has 17 heavy (non-hydrogen) atoms. The van der Waals surface area contributed by atoms with Gasteiger partial charge in [-0.3, -0.25) is 0 Å². The van der Waals surface area contributed by atoms with E-state index in [9.17, 15) is 0 Å². The number of nitrogens with one attached hydrogen (secondary N) is 1. The van der Waals surface area contributed by atoms with Crippen LogP contribution in [0.25, 0.3) is 0 Å². The number of rotatable bonds is 3. The molecule has 1 unspecified atom stereocenters. The molecule has 2 aliphatic carbocycles. The molecule has 0 amide bonds. The number of hydrogen-bond acceptors (Lipinski definition) is 1. The fraction of sp³-hybridized carbons (Fsp3) is 0.625. The molecule has 1 aromatic carbocycles. The summed E-state index contributed by atoms with van der Waals surface area (Å²) in [5.74, 6) is 0.970. The Labute approximate surface area is 105 Å². The Morgan fingerprint density at radius 3 is 2.71 bits per heavy atom. The van der Waals surface area contributed by atoms with Gasteiger partial charge in [-0.1, -0.05) is 38.1 Å². The normalized spacial score (nSPS) is 26.6. The molecule has 0 saturated heterocycles. The summed E-state index contributed by atoms with van der Waals surface area (Å²) in [4.78, 5) is 0. The van der Waals surface area contributed by atoms with E-state index >= 15 is 0 Å². The minimum absolute atomic E-state index is 0.356. The average molecular weight is 229 g/mol. The molecule has 1 N–H and O–H groups in total. The van der Waals surface area contributed by atoms with Gasteiger partial charge in [0, 0.05) is 6.04 Å². The van der Waals surface area contributed by atoms with Crippen LogP contribution in [0.2, 0.25) is 0 Å². The third-order valence-corrected chi connectivity index (χ3v) is 4.47. The molecule has 1 atom stereocenters. The highest BCUT2D eigenvalue weighted by Crippen LogP contribution is 2.41. The van der Waals surface area contributed by atoms with E-state index in [0.29, 0.717) is 11.5 Å². The first-order valence-electron chi connectivity index (χ1n) is 6.99. The van der Waals surface area contributed by atoms with Crippen LogP contribution in [0.3, 0.4) is 0 Å². The molecule has 1 aromatic rings. The Bertz CT molecular complexity index is 404. The molecule has 1 saturated carbocycles. The maximum Gasteiger partial charge on any atom is 0.0323 e. The van der Waals surface area contributed by atoms with Crippen LogP contribution in [0, 0.1) is 5.92 Å². The van der Waals surface area contributed by atoms with Crippen molar-refractivity contribution in [3.05, 3.63) is 35.4 Å². The Balaban J connectivity index is 1.82. The van der Waals surface area contributed by atoms with Gasteiger partial charge in [0.05, 0.1) is 0 Å². The summed E-state index contributed by atoms with van der Waals surface area (Å²) < 4.78 is 0. The van der Waals surface area contributed by atoms with Crippen molar-refractivity contribution < 1.29 is 0 Å². The van der Waals surface area contributed by atoms with Gasteiger partial charge in [-0.15, -0.1) is 0 Å². The molecule has 0 radical (unpaired) electrons. The van der Waals surface area contributed by atoms with Gasteiger partial charge >= 0.3 is 0 Å². The van der Waals surface area contributed by atoms with Crippen molar-refractivity contribution >= 4 is 0 Å². The van der Waals surface area contributed by atoms with Gasteiger partial charge in [0.15, 0.2) is 0 Å². The second-order valence-electron chi connectivity index (χ2n) is 6.41. The molecule has 1 fully saturated rings. The van der Waals surface area contributed by atoms with Gasteiger partial charge in [-0.25, -0.2) is 0 Å². The molecule has 0 aromatic heterocycles. The number of fused-ring (bicyclic) bond motifs is 1. The van der Waals surface area contributed by atoms with E-state index in [4.69, 9.17) is 0 Å². The number of benzene rings is 1. The molecule has 1 heteroatoms. The van der Waals surface area contributed by atoms with E-state index in [2.05, 4.69) is 43.4 Å². The van der Waals surface area contributed by atoms with Gasteiger partial charge in [0.1, 0.15) is 0 Å². The molecule has 92 valence electrons. The minimum Gasteiger partial charge on any atom is -0.310 e. The van der Waals surface area contributed by atoms with E-state index in [1.165, 1.54) is 32.2 Å². The van der Waals surface area contributed by atoms with Crippen molar-refractivity contribution in [2.75, 3.05) is 6.54 Å². The molecule has 0 spiro atoms. The summed E-state index contributed by atoms with van der Waals surface area (Å²) in [6.45, 7) is 5.98. The first kappa shape index (κ1) is 11.3. The molecule has 3 rings (SSSR count). The predicted molar refractivity (Wildman–Crippen MR) is 72.2 cm³/mol. The highest BCUT2D eigenvalue weighted by atomic mass is 14.9. The van der Waals surface area contributed by atoms with E-state index in [1.807, 2.05) is 0 Å².